The quantitative estimate of drug-likeness (QED) is 0.768. The Morgan fingerprint density at radius 2 is 1.93 bits per heavy atom. The highest BCUT2D eigenvalue weighted by Crippen LogP contribution is 2.21. The Bertz CT molecular complexity index is 306. The molecule has 0 aliphatic carbocycles. The topological polar surface area (TPSA) is 63.4 Å². The lowest BCUT2D eigenvalue weighted by atomic mass is 9.87. The van der Waals surface area contributed by atoms with Gasteiger partial charge in [-0.25, -0.2) is 12.7 Å². The second-order valence-electron chi connectivity index (χ2n) is 5.35. The van der Waals surface area contributed by atoms with Crippen molar-refractivity contribution in [3.05, 3.63) is 0 Å². The standard InChI is InChI=1S/C10H22N2O2S/c1-10(2,3)9(11)8-12-6-4-5-7-15(12,13)14/h9H,4-8,11H2,1-3H3. The molecule has 1 aliphatic heterocycles. The molecule has 15 heavy (non-hydrogen) atoms. The minimum absolute atomic E-state index is 0.0486. The molecule has 0 radical (unpaired) electrons. The van der Waals surface area contributed by atoms with Gasteiger partial charge in [-0.1, -0.05) is 20.8 Å². The van der Waals surface area contributed by atoms with Crippen LogP contribution < -0.4 is 5.73 Å². The van der Waals surface area contributed by atoms with Crippen molar-refractivity contribution >= 4 is 10.0 Å². The molecule has 2 N–H and O–H groups in total. The minimum Gasteiger partial charge on any atom is -0.326 e. The van der Waals surface area contributed by atoms with Crippen molar-refractivity contribution in [1.82, 2.24) is 4.31 Å². The number of hydrogen-bond acceptors (Lipinski definition) is 3. The van der Waals surface area contributed by atoms with Crippen LogP contribution in [-0.4, -0.2) is 37.6 Å². The molecule has 0 amide bonds. The molecular weight excluding hydrogens is 212 g/mol. The van der Waals surface area contributed by atoms with Crippen molar-refractivity contribution in [2.45, 2.75) is 39.7 Å². The van der Waals surface area contributed by atoms with Crippen molar-refractivity contribution in [2.24, 2.45) is 11.1 Å². The van der Waals surface area contributed by atoms with Crippen LogP contribution in [0.4, 0.5) is 0 Å². The van der Waals surface area contributed by atoms with Gasteiger partial charge < -0.3 is 5.73 Å². The lowest BCUT2D eigenvalue weighted by molar-refractivity contribution is 0.258. The molecule has 1 atom stereocenters. The Morgan fingerprint density at radius 3 is 2.40 bits per heavy atom. The molecule has 1 heterocycles. The van der Waals surface area contributed by atoms with E-state index in [2.05, 4.69) is 0 Å². The van der Waals surface area contributed by atoms with Crippen LogP contribution in [0.15, 0.2) is 0 Å². The van der Waals surface area contributed by atoms with Crippen molar-refractivity contribution < 1.29 is 8.42 Å². The van der Waals surface area contributed by atoms with Crippen LogP contribution in [0.5, 0.6) is 0 Å². The molecule has 0 spiro atoms. The fourth-order valence-electron chi connectivity index (χ4n) is 1.54. The molecule has 1 aliphatic rings. The van der Waals surface area contributed by atoms with Gasteiger partial charge in [-0.3, -0.25) is 0 Å². The Balaban J connectivity index is 2.65. The molecule has 0 saturated carbocycles. The summed E-state index contributed by atoms with van der Waals surface area (Å²) in [6.07, 6.45) is 1.74. The SMILES string of the molecule is CC(C)(C)C(N)CN1CCCCS1(=O)=O. The first-order valence-corrected chi connectivity index (χ1v) is 7.08. The summed E-state index contributed by atoms with van der Waals surface area (Å²) < 4.78 is 25.0. The van der Waals surface area contributed by atoms with E-state index in [-0.39, 0.29) is 17.2 Å². The lowest BCUT2D eigenvalue weighted by Crippen LogP contribution is -2.49. The van der Waals surface area contributed by atoms with Crippen molar-refractivity contribution in [2.75, 3.05) is 18.8 Å². The molecule has 0 aromatic carbocycles. The third-order valence-corrected chi connectivity index (χ3v) is 4.89. The largest absolute Gasteiger partial charge is 0.326 e. The molecule has 4 nitrogen and oxygen atoms in total. The predicted octanol–water partition coefficient (Wildman–Crippen LogP) is 0.785. The van der Waals surface area contributed by atoms with E-state index in [1.165, 1.54) is 0 Å². The first-order valence-electron chi connectivity index (χ1n) is 5.47. The average Bonchev–Trinajstić information content (AvgIpc) is 2.06. The highest BCUT2D eigenvalue weighted by molar-refractivity contribution is 7.89. The second-order valence-corrected chi connectivity index (χ2v) is 7.44. The second kappa shape index (κ2) is 4.39. The number of nitrogens with zero attached hydrogens (tertiary/aromatic N) is 1. The van der Waals surface area contributed by atoms with Crippen LogP contribution in [0, 0.1) is 5.41 Å². The smallest absolute Gasteiger partial charge is 0.214 e. The summed E-state index contributed by atoms with van der Waals surface area (Å²) in [5, 5.41) is 0. The Kier molecular flexibility index (Phi) is 3.79. The molecule has 1 fully saturated rings. The first-order chi connectivity index (χ1) is 6.73. The predicted molar refractivity (Wildman–Crippen MR) is 62.0 cm³/mol. The maximum Gasteiger partial charge on any atom is 0.214 e. The molecule has 0 aromatic rings. The van der Waals surface area contributed by atoms with E-state index < -0.39 is 10.0 Å². The monoisotopic (exact) mass is 234 g/mol. The van der Waals surface area contributed by atoms with E-state index in [4.69, 9.17) is 5.73 Å². The van der Waals surface area contributed by atoms with Gasteiger partial charge in [0.1, 0.15) is 0 Å². The normalized spacial score (nSPS) is 25.1. The van der Waals surface area contributed by atoms with E-state index in [0.717, 1.165) is 12.8 Å². The third-order valence-electron chi connectivity index (χ3n) is 2.97. The minimum atomic E-state index is -3.03. The van der Waals surface area contributed by atoms with E-state index in [1.807, 2.05) is 20.8 Å². The van der Waals surface area contributed by atoms with Crippen LogP contribution in [0.1, 0.15) is 33.6 Å². The average molecular weight is 234 g/mol. The van der Waals surface area contributed by atoms with Gasteiger partial charge in [-0.2, -0.15) is 0 Å². The molecule has 1 rings (SSSR count). The summed E-state index contributed by atoms with van der Waals surface area (Å²) in [5.74, 6) is 0.282. The first kappa shape index (κ1) is 12.9. The summed E-state index contributed by atoms with van der Waals surface area (Å²) in [4.78, 5) is 0. The maximum atomic E-state index is 11.7. The summed E-state index contributed by atoms with van der Waals surface area (Å²) >= 11 is 0. The summed E-state index contributed by atoms with van der Waals surface area (Å²) in [7, 11) is -3.03. The van der Waals surface area contributed by atoms with E-state index in [0.29, 0.717) is 13.1 Å². The molecule has 0 aromatic heterocycles. The van der Waals surface area contributed by atoms with Gasteiger partial charge in [0, 0.05) is 19.1 Å². The van der Waals surface area contributed by atoms with E-state index >= 15 is 0 Å². The van der Waals surface area contributed by atoms with Crippen LogP contribution in [0.3, 0.4) is 0 Å². The fourth-order valence-corrected chi connectivity index (χ4v) is 3.16. The van der Waals surface area contributed by atoms with Crippen molar-refractivity contribution in [3.8, 4) is 0 Å². The zero-order valence-electron chi connectivity index (χ0n) is 9.86. The van der Waals surface area contributed by atoms with Crippen molar-refractivity contribution in [1.29, 1.82) is 0 Å². The van der Waals surface area contributed by atoms with Gasteiger partial charge in [0.05, 0.1) is 5.75 Å². The zero-order valence-corrected chi connectivity index (χ0v) is 10.7. The van der Waals surface area contributed by atoms with Gasteiger partial charge in [-0.15, -0.1) is 0 Å². The van der Waals surface area contributed by atoms with Crippen LogP contribution in [-0.2, 0) is 10.0 Å². The molecule has 1 unspecified atom stereocenters. The lowest BCUT2D eigenvalue weighted by Gasteiger charge is -2.34. The highest BCUT2D eigenvalue weighted by atomic mass is 32.2. The van der Waals surface area contributed by atoms with Crippen LogP contribution >= 0.6 is 0 Å². The number of sulfonamides is 1. The fraction of sp³-hybridized carbons (Fsp3) is 1.00. The highest BCUT2D eigenvalue weighted by Gasteiger charge is 2.30. The Hall–Kier alpha value is -0.130. The van der Waals surface area contributed by atoms with Crippen LogP contribution in [0.2, 0.25) is 0 Å². The summed E-state index contributed by atoms with van der Waals surface area (Å²) in [6, 6.07) is -0.106. The molecule has 1 saturated heterocycles. The number of nitrogens with two attached hydrogens (primary N) is 1. The van der Waals surface area contributed by atoms with Gasteiger partial charge in [-0.05, 0) is 18.3 Å². The summed E-state index contributed by atoms with van der Waals surface area (Å²) in [5.41, 5.74) is 5.95. The Labute approximate surface area is 92.9 Å². The van der Waals surface area contributed by atoms with E-state index in [1.54, 1.807) is 4.31 Å². The van der Waals surface area contributed by atoms with Gasteiger partial charge >= 0.3 is 0 Å². The van der Waals surface area contributed by atoms with Gasteiger partial charge in [0.25, 0.3) is 0 Å². The van der Waals surface area contributed by atoms with Crippen LogP contribution in [0.25, 0.3) is 0 Å². The molecular formula is C10H22N2O2S. The van der Waals surface area contributed by atoms with Gasteiger partial charge in [0.2, 0.25) is 10.0 Å². The Morgan fingerprint density at radius 1 is 1.33 bits per heavy atom. The molecule has 0 bridgehead atoms. The third kappa shape index (κ3) is 3.43. The zero-order chi connectivity index (χ0) is 11.7. The van der Waals surface area contributed by atoms with E-state index in [9.17, 15) is 8.42 Å². The molecule has 5 heteroatoms. The number of hydrogen-bond donors (Lipinski definition) is 1. The molecule has 90 valence electrons. The number of rotatable bonds is 2. The van der Waals surface area contributed by atoms with Crippen molar-refractivity contribution in [3.63, 3.8) is 0 Å². The van der Waals surface area contributed by atoms with Gasteiger partial charge in [0.15, 0.2) is 0 Å². The maximum absolute atomic E-state index is 11.7. The summed E-state index contributed by atoms with van der Waals surface area (Å²) in [6.45, 7) is 7.19.